The number of rotatable bonds is 2. The number of nitrogens with zero attached hydrogens (tertiary/aromatic N) is 2. The number of nitrogen functional groups attached to an aromatic ring is 1. The molecule has 3 rings (SSSR count). The number of esters is 1. The largest absolute Gasteiger partial charge is 0.462 e. The second-order valence-electron chi connectivity index (χ2n) is 4.10. The van der Waals surface area contributed by atoms with Gasteiger partial charge < -0.3 is 10.5 Å². The van der Waals surface area contributed by atoms with Crippen LogP contribution in [0.3, 0.4) is 0 Å². The van der Waals surface area contributed by atoms with Crippen molar-refractivity contribution < 1.29 is 9.53 Å². The van der Waals surface area contributed by atoms with Gasteiger partial charge in [0.2, 0.25) is 0 Å². The summed E-state index contributed by atoms with van der Waals surface area (Å²) in [7, 11) is 0. The second-order valence-corrected chi connectivity index (χ2v) is 5.09. The molecule has 7 heteroatoms. The fourth-order valence-electron chi connectivity index (χ4n) is 2.06. The number of thiophene rings is 1. The maximum atomic E-state index is 11.9. The van der Waals surface area contributed by atoms with Crippen molar-refractivity contribution in [1.82, 2.24) is 9.38 Å². The lowest BCUT2D eigenvalue weighted by Crippen LogP contribution is -2.16. The van der Waals surface area contributed by atoms with Crippen LogP contribution < -0.4 is 11.4 Å². The van der Waals surface area contributed by atoms with Gasteiger partial charge in [-0.25, -0.2) is 9.59 Å². The van der Waals surface area contributed by atoms with Crippen LogP contribution in [-0.2, 0) is 4.74 Å². The first-order chi connectivity index (χ1) is 9.63. The number of nitrogens with two attached hydrogens (primary N) is 1. The standard InChI is InChI=1S/C13H11N3O3S/c1-2-19-12(17)10-9(14)8-7-5-3-4-6-16(7)13(18)15-11(8)20-10/h3-6H,2,14H2,1H3. The Labute approximate surface area is 117 Å². The smallest absolute Gasteiger partial charge is 0.353 e. The van der Waals surface area contributed by atoms with Gasteiger partial charge in [-0.15, -0.1) is 11.3 Å². The summed E-state index contributed by atoms with van der Waals surface area (Å²) in [5, 5.41) is 0.609. The van der Waals surface area contributed by atoms with E-state index in [4.69, 9.17) is 10.5 Å². The SMILES string of the molecule is CCOC(=O)c1sc2nc(=O)n3ccccc3c2c1N. The van der Waals surface area contributed by atoms with E-state index in [1.54, 1.807) is 31.3 Å². The maximum absolute atomic E-state index is 11.9. The van der Waals surface area contributed by atoms with Gasteiger partial charge in [-0.3, -0.25) is 4.40 Å². The maximum Gasteiger partial charge on any atom is 0.353 e. The number of aromatic nitrogens is 2. The molecule has 0 saturated carbocycles. The predicted molar refractivity (Wildman–Crippen MR) is 77.2 cm³/mol. The molecule has 20 heavy (non-hydrogen) atoms. The summed E-state index contributed by atoms with van der Waals surface area (Å²) in [6, 6.07) is 5.30. The van der Waals surface area contributed by atoms with Crippen LogP contribution >= 0.6 is 11.3 Å². The Morgan fingerprint density at radius 1 is 1.50 bits per heavy atom. The lowest BCUT2D eigenvalue weighted by Gasteiger charge is -2.02. The molecule has 0 unspecified atom stereocenters. The molecule has 6 nitrogen and oxygen atoms in total. The number of carbonyl (C=O) groups is 1. The van der Waals surface area contributed by atoms with Gasteiger partial charge in [0.1, 0.15) is 9.71 Å². The van der Waals surface area contributed by atoms with Gasteiger partial charge >= 0.3 is 11.7 Å². The van der Waals surface area contributed by atoms with E-state index in [0.29, 0.717) is 21.4 Å². The van der Waals surface area contributed by atoms with Gasteiger partial charge in [-0.2, -0.15) is 4.98 Å². The van der Waals surface area contributed by atoms with E-state index in [-0.39, 0.29) is 11.5 Å². The molecule has 0 aliphatic heterocycles. The third-order valence-electron chi connectivity index (χ3n) is 2.91. The Bertz CT molecular complexity index is 882. The molecule has 0 fully saturated rings. The van der Waals surface area contributed by atoms with E-state index in [1.807, 2.05) is 0 Å². The summed E-state index contributed by atoms with van der Waals surface area (Å²) >= 11 is 1.08. The zero-order valence-corrected chi connectivity index (χ0v) is 11.4. The zero-order chi connectivity index (χ0) is 14.3. The van der Waals surface area contributed by atoms with Crippen LogP contribution in [0, 0.1) is 0 Å². The first-order valence-electron chi connectivity index (χ1n) is 6.00. The summed E-state index contributed by atoms with van der Waals surface area (Å²) in [5.41, 5.74) is 6.58. The normalized spacial score (nSPS) is 11.1. The van der Waals surface area contributed by atoms with Crippen molar-refractivity contribution in [3.63, 3.8) is 0 Å². The van der Waals surface area contributed by atoms with Crippen LogP contribution in [0.5, 0.6) is 0 Å². The third-order valence-corrected chi connectivity index (χ3v) is 3.99. The topological polar surface area (TPSA) is 86.7 Å². The fraction of sp³-hybridized carbons (Fsp3) is 0.154. The Balaban J connectivity index is 2.40. The third kappa shape index (κ3) is 1.75. The Morgan fingerprint density at radius 3 is 3.05 bits per heavy atom. The molecule has 0 atom stereocenters. The van der Waals surface area contributed by atoms with E-state index in [9.17, 15) is 9.59 Å². The lowest BCUT2D eigenvalue weighted by atomic mass is 10.2. The molecule has 2 N–H and O–H groups in total. The molecule has 0 aliphatic rings. The average molecular weight is 289 g/mol. The van der Waals surface area contributed by atoms with Gasteiger partial charge in [-0.05, 0) is 19.1 Å². The van der Waals surface area contributed by atoms with Crippen LogP contribution in [0.1, 0.15) is 16.6 Å². The summed E-state index contributed by atoms with van der Waals surface area (Å²) in [6.07, 6.45) is 1.62. The molecule has 0 radical (unpaired) electrons. The summed E-state index contributed by atoms with van der Waals surface area (Å²) in [6.45, 7) is 1.99. The van der Waals surface area contributed by atoms with Gasteiger partial charge in [0.05, 0.1) is 23.2 Å². The van der Waals surface area contributed by atoms with Crippen molar-refractivity contribution in [2.24, 2.45) is 0 Å². The Morgan fingerprint density at radius 2 is 2.30 bits per heavy atom. The van der Waals surface area contributed by atoms with Gasteiger partial charge in [0.15, 0.2) is 0 Å². The number of hydrogen-bond acceptors (Lipinski definition) is 6. The fourth-order valence-corrected chi connectivity index (χ4v) is 3.05. The minimum Gasteiger partial charge on any atom is -0.462 e. The van der Waals surface area contributed by atoms with E-state index in [2.05, 4.69) is 4.98 Å². The lowest BCUT2D eigenvalue weighted by molar-refractivity contribution is 0.0533. The van der Waals surface area contributed by atoms with E-state index in [1.165, 1.54) is 4.40 Å². The van der Waals surface area contributed by atoms with Crippen LogP contribution in [0.25, 0.3) is 15.7 Å². The van der Waals surface area contributed by atoms with Gasteiger partial charge in [0.25, 0.3) is 0 Å². The van der Waals surface area contributed by atoms with Crippen LogP contribution in [0.15, 0.2) is 29.2 Å². The Hall–Kier alpha value is -2.41. The first kappa shape index (κ1) is 12.6. The summed E-state index contributed by atoms with van der Waals surface area (Å²) in [5.74, 6) is -0.491. The number of ether oxygens (including phenoxy) is 1. The minimum absolute atomic E-state index is 0.266. The molecular formula is C13H11N3O3S. The first-order valence-corrected chi connectivity index (χ1v) is 6.81. The van der Waals surface area contributed by atoms with Crippen molar-refractivity contribution in [3.8, 4) is 0 Å². The highest BCUT2D eigenvalue weighted by atomic mass is 32.1. The molecule has 3 heterocycles. The van der Waals surface area contributed by atoms with Crippen molar-refractivity contribution in [3.05, 3.63) is 39.8 Å². The molecule has 3 aromatic heterocycles. The van der Waals surface area contributed by atoms with Gasteiger partial charge in [-0.1, -0.05) is 6.07 Å². The highest BCUT2D eigenvalue weighted by Gasteiger charge is 2.20. The summed E-state index contributed by atoms with van der Waals surface area (Å²) < 4.78 is 6.36. The number of fused-ring (bicyclic) bond motifs is 3. The zero-order valence-electron chi connectivity index (χ0n) is 10.6. The van der Waals surface area contributed by atoms with Crippen molar-refractivity contribution >= 4 is 38.7 Å². The molecule has 0 saturated heterocycles. The van der Waals surface area contributed by atoms with Crippen LogP contribution in [0.4, 0.5) is 5.69 Å². The monoisotopic (exact) mass is 289 g/mol. The minimum atomic E-state index is -0.491. The second kappa shape index (κ2) is 4.61. The summed E-state index contributed by atoms with van der Waals surface area (Å²) in [4.78, 5) is 28.5. The van der Waals surface area contributed by atoms with E-state index >= 15 is 0 Å². The molecule has 0 aromatic carbocycles. The molecule has 0 aliphatic carbocycles. The average Bonchev–Trinajstić information content (AvgIpc) is 2.77. The quantitative estimate of drug-likeness (QED) is 0.725. The van der Waals surface area contributed by atoms with Gasteiger partial charge in [0, 0.05) is 6.20 Å². The molecule has 0 bridgehead atoms. The van der Waals surface area contributed by atoms with Crippen molar-refractivity contribution in [2.45, 2.75) is 6.92 Å². The highest BCUT2D eigenvalue weighted by Crippen LogP contribution is 2.34. The molecule has 0 amide bonds. The Kier molecular flexibility index (Phi) is 2.90. The van der Waals surface area contributed by atoms with Crippen molar-refractivity contribution in [1.29, 1.82) is 0 Å². The van der Waals surface area contributed by atoms with Crippen LogP contribution in [0.2, 0.25) is 0 Å². The van der Waals surface area contributed by atoms with Crippen molar-refractivity contribution in [2.75, 3.05) is 12.3 Å². The molecular weight excluding hydrogens is 278 g/mol. The molecule has 102 valence electrons. The highest BCUT2D eigenvalue weighted by molar-refractivity contribution is 7.21. The number of anilines is 1. The molecule has 0 spiro atoms. The number of carbonyl (C=O) groups excluding carboxylic acids is 1. The van der Waals surface area contributed by atoms with E-state index < -0.39 is 11.7 Å². The number of hydrogen-bond donors (Lipinski definition) is 1. The molecule has 3 aromatic rings. The van der Waals surface area contributed by atoms with Crippen LogP contribution in [-0.4, -0.2) is 22.0 Å². The van der Waals surface area contributed by atoms with E-state index in [0.717, 1.165) is 11.3 Å². The number of pyridine rings is 1. The predicted octanol–water partition coefficient (Wildman–Crippen LogP) is 1.67.